The fraction of sp³-hybridized carbons (Fsp3) is 0.308. The lowest BCUT2D eigenvalue weighted by Gasteiger charge is -2.19. The summed E-state index contributed by atoms with van der Waals surface area (Å²) in [4.78, 5) is 4.18. The maximum atomic E-state index is 9.45. The van der Waals surface area contributed by atoms with Gasteiger partial charge in [0.05, 0.1) is 16.7 Å². The molecule has 0 aliphatic carbocycles. The molecule has 2 nitrogen and oxygen atoms in total. The number of halogens is 1. The van der Waals surface area contributed by atoms with Crippen molar-refractivity contribution < 1.29 is 5.11 Å². The number of benzene rings is 1. The molecular weight excluding hydrogens is 222 g/mol. The molecule has 1 aromatic carbocycles. The third-order valence-corrected chi connectivity index (χ3v) is 3.05. The third-order valence-electron chi connectivity index (χ3n) is 2.65. The number of aromatic nitrogens is 1. The van der Waals surface area contributed by atoms with Crippen LogP contribution in [0.3, 0.4) is 0 Å². The summed E-state index contributed by atoms with van der Waals surface area (Å²) in [6.45, 7) is 6.45. The summed E-state index contributed by atoms with van der Waals surface area (Å²) in [5.74, 6) is 0.0256. The van der Waals surface area contributed by atoms with Gasteiger partial charge < -0.3 is 5.11 Å². The Morgan fingerprint density at radius 3 is 2.56 bits per heavy atom. The van der Waals surface area contributed by atoms with Gasteiger partial charge in [0, 0.05) is 5.39 Å². The van der Waals surface area contributed by atoms with Gasteiger partial charge in [0.1, 0.15) is 0 Å². The van der Waals surface area contributed by atoms with Crippen molar-refractivity contribution >= 4 is 22.5 Å². The number of fused-ring (bicyclic) bond motifs is 1. The number of hydrogen-bond acceptors (Lipinski definition) is 2. The SMILES string of the molecule is CC(C)(C)c1ccc2c(Cl)c(O)cnc2c1. The van der Waals surface area contributed by atoms with E-state index < -0.39 is 0 Å². The summed E-state index contributed by atoms with van der Waals surface area (Å²) in [6, 6.07) is 5.95. The largest absolute Gasteiger partial charge is 0.505 e. The lowest BCUT2D eigenvalue weighted by Crippen LogP contribution is -2.10. The maximum absolute atomic E-state index is 9.45. The molecule has 16 heavy (non-hydrogen) atoms. The predicted molar refractivity (Wildman–Crippen MR) is 67.1 cm³/mol. The van der Waals surface area contributed by atoms with Gasteiger partial charge in [-0.1, -0.05) is 44.5 Å². The van der Waals surface area contributed by atoms with E-state index in [1.807, 2.05) is 18.2 Å². The van der Waals surface area contributed by atoms with Gasteiger partial charge in [-0.15, -0.1) is 0 Å². The van der Waals surface area contributed by atoms with Crippen molar-refractivity contribution in [1.82, 2.24) is 4.98 Å². The van der Waals surface area contributed by atoms with Gasteiger partial charge in [-0.05, 0) is 17.0 Å². The predicted octanol–water partition coefficient (Wildman–Crippen LogP) is 3.89. The molecule has 3 heteroatoms. The normalized spacial score (nSPS) is 12.0. The van der Waals surface area contributed by atoms with Crippen molar-refractivity contribution in [2.45, 2.75) is 26.2 Å². The van der Waals surface area contributed by atoms with Crippen LogP contribution in [0.2, 0.25) is 5.02 Å². The molecule has 0 unspecified atom stereocenters. The zero-order valence-corrected chi connectivity index (χ0v) is 10.3. The highest BCUT2D eigenvalue weighted by molar-refractivity contribution is 6.36. The van der Waals surface area contributed by atoms with Crippen molar-refractivity contribution in [3.05, 3.63) is 35.0 Å². The Bertz CT molecular complexity index is 543. The first-order valence-corrected chi connectivity index (χ1v) is 5.55. The van der Waals surface area contributed by atoms with Crippen LogP contribution in [-0.2, 0) is 5.41 Å². The van der Waals surface area contributed by atoms with Gasteiger partial charge in [-0.25, -0.2) is 0 Å². The first kappa shape index (κ1) is 11.2. The van der Waals surface area contributed by atoms with Crippen LogP contribution < -0.4 is 0 Å². The molecule has 0 aliphatic heterocycles. The average Bonchev–Trinajstić information content (AvgIpc) is 2.22. The molecule has 2 rings (SSSR count). The Hall–Kier alpha value is -1.28. The van der Waals surface area contributed by atoms with Crippen LogP contribution in [0, 0.1) is 0 Å². The molecular formula is C13H14ClNO. The topological polar surface area (TPSA) is 33.1 Å². The summed E-state index contributed by atoms with van der Waals surface area (Å²) in [5.41, 5.74) is 2.10. The molecule has 0 atom stereocenters. The molecule has 0 saturated carbocycles. The second kappa shape index (κ2) is 3.63. The molecule has 0 fully saturated rings. The molecule has 0 bridgehead atoms. The molecule has 84 valence electrons. The Morgan fingerprint density at radius 2 is 1.94 bits per heavy atom. The maximum Gasteiger partial charge on any atom is 0.153 e. The number of pyridine rings is 1. The second-order valence-corrected chi connectivity index (χ2v) is 5.32. The van der Waals surface area contributed by atoms with Gasteiger partial charge in [-0.2, -0.15) is 0 Å². The summed E-state index contributed by atoms with van der Waals surface area (Å²) < 4.78 is 0. The van der Waals surface area contributed by atoms with E-state index in [1.54, 1.807) is 0 Å². The zero-order valence-electron chi connectivity index (χ0n) is 9.58. The molecule has 1 heterocycles. The highest BCUT2D eigenvalue weighted by Crippen LogP contribution is 2.32. The Labute approximate surface area is 99.9 Å². The number of aromatic hydroxyl groups is 1. The van der Waals surface area contributed by atoms with E-state index in [0.29, 0.717) is 5.02 Å². The van der Waals surface area contributed by atoms with E-state index in [0.717, 1.165) is 10.9 Å². The average molecular weight is 236 g/mol. The summed E-state index contributed by atoms with van der Waals surface area (Å²) >= 11 is 6.00. The van der Waals surface area contributed by atoms with E-state index in [4.69, 9.17) is 11.6 Å². The van der Waals surface area contributed by atoms with E-state index in [9.17, 15) is 5.11 Å². The van der Waals surface area contributed by atoms with Crippen LogP contribution in [0.25, 0.3) is 10.9 Å². The minimum atomic E-state index is 0.0256. The standard InChI is InChI=1S/C13H14ClNO/c1-13(2,3)8-4-5-9-10(6-8)15-7-11(16)12(9)14/h4-7,16H,1-3H3. The van der Waals surface area contributed by atoms with Crippen LogP contribution in [0.5, 0.6) is 5.75 Å². The van der Waals surface area contributed by atoms with Crippen molar-refractivity contribution in [3.8, 4) is 5.75 Å². The Morgan fingerprint density at radius 1 is 1.25 bits per heavy atom. The van der Waals surface area contributed by atoms with Crippen LogP contribution in [0.4, 0.5) is 0 Å². The number of rotatable bonds is 0. The summed E-state index contributed by atoms with van der Waals surface area (Å²) in [6.07, 6.45) is 1.39. The van der Waals surface area contributed by atoms with E-state index in [1.165, 1.54) is 11.8 Å². The molecule has 0 spiro atoms. The molecule has 2 aromatic rings. The van der Waals surface area contributed by atoms with Gasteiger partial charge in [0.2, 0.25) is 0 Å². The lowest BCUT2D eigenvalue weighted by atomic mass is 9.86. The molecule has 0 aliphatic rings. The third kappa shape index (κ3) is 1.85. The number of nitrogens with zero attached hydrogens (tertiary/aromatic N) is 1. The molecule has 0 amide bonds. The summed E-state index contributed by atoms with van der Waals surface area (Å²) in [7, 11) is 0. The number of hydrogen-bond donors (Lipinski definition) is 1. The Balaban J connectivity index is 2.70. The van der Waals surface area contributed by atoms with Crippen molar-refractivity contribution in [2.75, 3.05) is 0 Å². The van der Waals surface area contributed by atoms with E-state index >= 15 is 0 Å². The second-order valence-electron chi connectivity index (χ2n) is 4.94. The minimum absolute atomic E-state index is 0.0256. The minimum Gasteiger partial charge on any atom is -0.505 e. The Kier molecular flexibility index (Phi) is 2.55. The lowest BCUT2D eigenvalue weighted by molar-refractivity contribution is 0.474. The first-order valence-electron chi connectivity index (χ1n) is 5.17. The van der Waals surface area contributed by atoms with Crippen molar-refractivity contribution in [2.24, 2.45) is 0 Å². The first-order chi connectivity index (χ1) is 7.39. The molecule has 0 saturated heterocycles. The van der Waals surface area contributed by atoms with Crippen molar-refractivity contribution in [3.63, 3.8) is 0 Å². The van der Waals surface area contributed by atoms with E-state index in [-0.39, 0.29) is 11.2 Å². The van der Waals surface area contributed by atoms with Crippen LogP contribution in [0.1, 0.15) is 26.3 Å². The highest BCUT2D eigenvalue weighted by Gasteiger charge is 2.15. The van der Waals surface area contributed by atoms with Gasteiger partial charge in [0.15, 0.2) is 5.75 Å². The van der Waals surface area contributed by atoms with Gasteiger partial charge in [0.25, 0.3) is 0 Å². The zero-order chi connectivity index (χ0) is 11.9. The summed E-state index contributed by atoms with van der Waals surface area (Å²) in [5, 5.41) is 10.6. The van der Waals surface area contributed by atoms with Crippen LogP contribution in [-0.4, -0.2) is 10.1 Å². The smallest absolute Gasteiger partial charge is 0.153 e. The highest BCUT2D eigenvalue weighted by atomic mass is 35.5. The van der Waals surface area contributed by atoms with Gasteiger partial charge >= 0.3 is 0 Å². The van der Waals surface area contributed by atoms with Crippen LogP contribution in [0.15, 0.2) is 24.4 Å². The molecule has 1 N–H and O–H groups in total. The van der Waals surface area contributed by atoms with E-state index in [2.05, 4.69) is 25.8 Å². The van der Waals surface area contributed by atoms with Gasteiger partial charge in [-0.3, -0.25) is 4.98 Å². The fourth-order valence-electron chi connectivity index (χ4n) is 1.62. The monoisotopic (exact) mass is 235 g/mol. The quantitative estimate of drug-likeness (QED) is 0.752. The fourth-order valence-corrected chi connectivity index (χ4v) is 1.82. The van der Waals surface area contributed by atoms with Crippen molar-refractivity contribution in [1.29, 1.82) is 0 Å². The van der Waals surface area contributed by atoms with Crippen LogP contribution >= 0.6 is 11.6 Å². The molecule has 1 aromatic heterocycles. The molecule has 0 radical (unpaired) electrons.